The molecule has 0 saturated carbocycles. The molecule has 0 aliphatic carbocycles. The van der Waals surface area contributed by atoms with Crippen LogP contribution in [0.25, 0.3) is 0 Å². The highest BCUT2D eigenvalue weighted by Crippen LogP contribution is 2.04. The topological polar surface area (TPSA) is 17.1 Å². The second kappa shape index (κ2) is 5.03. The molecule has 0 unspecified atom stereocenters. The minimum absolute atomic E-state index is 0.265. The summed E-state index contributed by atoms with van der Waals surface area (Å²) in [6, 6.07) is 10.3. The van der Waals surface area contributed by atoms with Crippen molar-refractivity contribution in [2.24, 2.45) is 0 Å². The van der Waals surface area contributed by atoms with E-state index in [-0.39, 0.29) is 8.46 Å². The van der Waals surface area contributed by atoms with E-state index < -0.39 is 0 Å². The van der Waals surface area contributed by atoms with E-state index in [0.29, 0.717) is 0 Å². The molecule has 0 N–H and O–H groups in total. The molecule has 0 saturated heterocycles. The Morgan fingerprint density at radius 3 is 2.55 bits per heavy atom. The molecule has 0 bridgehead atoms. The Labute approximate surface area is 68.6 Å². The summed E-state index contributed by atoms with van der Waals surface area (Å²) < 4.78 is 10.1. The standard InChI is InChI=1S/C9H11OP/c10-11-8-4-7-9-5-2-1-3-6-9/h1-3,5-6H,4,7-8H2. The first kappa shape index (κ1) is 8.42. The van der Waals surface area contributed by atoms with Crippen molar-refractivity contribution >= 4 is 8.46 Å². The van der Waals surface area contributed by atoms with Crippen molar-refractivity contribution in [1.29, 1.82) is 0 Å². The van der Waals surface area contributed by atoms with E-state index in [1.807, 2.05) is 18.2 Å². The average molecular weight is 166 g/mol. The normalized spacial score (nSPS) is 10.2. The highest BCUT2D eigenvalue weighted by atomic mass is 31.1. The predicted octanol–water partition coefficient (Wildman–Crippen LogP) is 2.91. The molecule has 1 aromatic carbocycles. The lowest BCUT2D eigenvalue weighted by Crippen LogP contribution is -1.84. The van der Waals surface area contributed by atoms with Crippen molar-refractivity contribution in [3.8, 4) is 0 Å². The number of rotatable bonds is 4. The zero-order valence-electron chi connectivity index (χ0n) is 6.36. The van der Waals surface area contributed by atoms with Gasteiger partial charge in [-0.3, -0.25) is 4.57 Å². The van der Waals surface area contributed by atoms with Gasteiger partial charge in [-0.05, 0) is 18.4 Å². The summed E-state index contributed by atoms with van der Waals surface area (Å²) in [5.41, 5.74) is 1.33. The molecule has 1 aromatic rings. The van der Waals surface area contributed by atoms with Gasteiger partial charge in [0, 0.05) is 6.16 Å². The van der Waals surface area contributed by atoms with Crippen molar-refractivity contribution in [3.63, 3.8) is 0 Å². The lowest BCUT2D eigenvalue weighted by Gasteiger charge is -1.95. The molecule has 0 fully saturated rings. The molecule has 1 rings (SSSR count). The maximum absolute atomic E-state index is 10.1. The van der Waals surface area contributed by atoms with Gasteiger partial charge in [0.05, 0.1) is 0 Å². The Balaban J connectivity index is 2.33. The third-order valence-electron chi connectivity index (χ3n) is 1.56. The van der Waals surface area contributed by atoms with E-state index in [2.05, 4.69) is 12.1 Å². The van der Waals surface area contributed by atoms with Gasteiger partial charge in [-0.15, -0.1) is 0 Å². The summed E-state index contributed by atoms with van der Waals surface area (Å²) in [6.45, 7) is 0. The van der Waals surface area contributed by atoms with Crippen LogP contribution in [0.2, 0.25) is 0 Å². The van der Waals surface area contributed by atoms with E-state index in [4.69, 9.17) is 0 Å². The Morgan fingerprint density at radius 1 is 1.18 bits per heavy atom. The minimum Gasteiger partial charge on any atom is -0.275 e. The Bertz CT molecular complexity index is 208. The second-order valence-electron chi connectivity index (χ2n) is 2.44. The molecule has 0 spiro atoms. The fourth-order valence-electron chi connectivity index (χ4n) is 0.992. The molecule has 0 amide bonds. The van der Waals surface area contributed by atoms with Crippen molar-refractivity contribution in [2.45, 2.75) is 12.8 Å². The highest BCUT2D eigenvalue weighted by Gasteiger charge is 1.90. The summed E-state index contributed by atoms with van der Waals surface area (Å²) in [5.74, 6) is 0. The number of benzene rings is 1. The van der Waals surface area contributed by atoms with Crippen LogP contribution >= 0.6 is 8.46 Å². The Hall–Kier alpha value is -0.680. The van der Waals surface area contributed by atoms with Gasteiger partial charge in [0.1, 0.15) is 0 Å². The van der Waals surface area contributed by atoms with Crippen molar-refractivity contribution in [2.75, 3.05) is 6.16 Å². The number of aryl methyl sites for hydroxylation is 1. The third-order valence-corrected chi connectivity index (χ3v) is 2.06. The molecule has 0 aliphatic rings. The molecule has 2 heteroatoms. The summed E-state index contributed by atoms with van der Waals surface area (Å²) in [6.07, 6.45) is 2.82. The fourth-order valence-corrected chi connectivity index (χ4v) is 1.28. The largest absolute Gasteiger partial charge is 0.275 e. The maximum Gasteiger partial charge on any atom is 0.155 e. The predicted molar refractivity (Wildman–Crippen MR) is 47.2 cm³/mol. The van der Waals surface area contributed by atoms with Crippen LogP contribution in [0.4, 0.5) is 0 Å². The summed E-state index contributed by atoms with van der Waals surface area (Å²) in [4.78, 5) is 0. The van der Waals surface area contributed by atoms with Gasteiger partial charge in [0.25, 0.3) is 0 Å². The van der Waals surface area contributed by atoms with Gasteiger partial charge >= 0.3 is 0 Å². The van der Waals surface area contributed by atoms with Crippen molar-refractivity contribution in [1.82, 2.24) is 0 Å². The minimum atomic E-state index is 0.265. The first-order valence-electron chi connectivity index (χ1n) is 3.76. The zero-order valence-corrected chi connectivity index (χ0v) is 7.26. The molecule has 0 atom stereocenters. The average Bonchev–Trinajstić information content (AvgIpc) is 2.07. The van der Waals surface area contributed by atoms with Crippen LogP contribution in [-0.2, 0) is 11.0 Å². The monoisotopic (exact) mass is 166 g/mol. The quantitative estimate of drug-likeness (QED) is 0.496. The van der Waals surface area contributed by atoms with Crippen LogP contribution in [0.15, 0.2) is 30.3 Å². The second-order valence-corrected chi connectivity index (χ2v) is 3.15. The third kappa shape index (κ3) is 3.29. The molecular formula is C9H11OP. The summed E-state index contributed by atoms with van der Waals surface area (Å²) >= 11 is 0. The molecule has 0 aromatic heterocycles. The molecule has 58 valence electrons. The lowest BCUT2D eigenvalue weighted by atomic mass is 10.1. The molecule has 1 nitrogen and oxygen atoms in total. The van der Waals surface area contributed by atoms with Gasteiger partial charge in [-0.2, -0.15) is 0 Å². The van der Waals surface area contributed by atoms with Crippen molar-refractivity contribution < 1.29 is 4.57 Å². The van der Waals surface area contributed by atoms with Gasteiger partial charge in [0.2, 0.25) is 0 Å². The van der Waals surface area contributed by atoms with E-state index in [9.17, 15) is 4.57 Å². The van der Waals surface area contributed by atoms with E-state index in [0.717, 1.165) is 19.0 Å². The first-order chi connectivity index (χ1) is 5.43. The van der Waals surface area contributed by atoms with E-state index >= 15 is 0 Å². The zero-order chi connectivity index (χ0) is 7.94. The number of hydrogen-bond donors (Lipinski definition) is 0. The summed E-state index contributed by atoms with van der Waals surface area (Å²) in [5, 5.41) is 0. The highest BCUT2D eigenvalue weighted by molar-refractivity contribution is 7.23. The van der Waals surface area contributed by atoms with Crippen molar-refractivity contribution in [3.05, 3.63) is 35.9 Å². The smallest absolute Gasteiger partial charge is 0.155 e. The molecule has 0 aliphatic heterocycles. The SMILES string of the molecule is O=PCCCc1ccccc1. The van der Waals surface area contributed by atoms with E-state index in [1.54, 1.807) is 0 Å². The van der Waals surface area contributed by atoms with Crippen LogP contribution in [-0.4, -0.2) is 6.16 Å². The first-order valence-corrected chi connectivity index (χ1v) is 4.76. The van der Waals surface area contributed by atoms with E-state index in [1.165, 1.54) is 5.56 Å². The van der Waals surface area contributed by atoms with Crippen LogP contribution in [0.1, 0.15) is 12.0 Å². The molecular weight excluding hydrogens is 155 g/mol. The lowest BCUT2D eigenvalue weighted by molar-refractivity contribution is 0.597. The Kier molecular flexibility index (Phi) is 3.85. The fraction of sp³-hybridized carbons (Fsp3) is 0.333. The van der Waals surface area contributed by atoms with Gasteiger partial charge in [-0.25, -0.2) is 0 Å². The molecule has 0 heterocycles. The van der Waals surface area contributed by atoms with Crippen LogP contribution in [0, 0.1) is 0 Å². The van der Waals surface area contributed by atoms with Gasteiger partial charge in [0.15, 0.2) is 8.46 Å². The summed E-state index contributed by atoms with van der Waals surface area (Å²) in [7, 11) is 0.265. The Morgan fingerprint density at radius 2 is 1.91 bits per heavy atom. The van der Waals surface area contributed by atoms with Gasteiger partial charge in [-0.1, -0.05) is 30.3 Å². The maximum atomic E-state index is 10.1. The number of hydrogen-bond acceptors (Lipinski definition) is 1. The molecule has 0 radical (unpaired) electrons. The van der Waals surface area contributed by atoms with Crippen LogP contribution in [0.5, 0.6) is 0 Å². The van der Waals surface area contributed by atoms with Crippen LogP contribution < -0.4 is 0 Å². The molecule has 11 heavy (non-hydrogen) atoms. The van der Waals surface area contributed by atoms with Gasteiger partial charge < -0.3 is 0 Å². The van der Waals surface area contributed by atoms with Crippen LogP contribution in [0.3, 0.4) is 0 Å².